The largest absolute Gasteiger partial charge is 0.317 e. The van der Waals surface area contributed by atoms with Crippen molar-refractivity contribution in [2.75, 3.05) is 12.8 Å². The molecule has 0 aromatic rings. The Morgan fingerprint density at radius 1 is 1.80 bits per heavy atom. The summed E-state index contributed by atoms with van der Waals surface area (Å²) < 4.78 is 15.5. The lowest BCUT2D eigenvalue weighted by molar-refractivity contribution is 0.378. The molecule has 0 fully saturated rings. The molecule has 1 atom stereocenters. The van der Waals surface area contributed by atoms with Crippen molar-refractivity contribution >= 4 is 8.03 Å². The molecule has 0 saturated heterocycles. The van der Waals surface area contributed by atoms with Crippen LogP contribution in [0.2, 0.25) is 0 Å². The number of allylic oxidation sites excluding steroid dienone is 1. The highest BCUT2D eigenvalue weighted by Gasteiger charge is 1.94. The second kappa shape index (κ2) is 6.61. The maximum absolute atomic E-state index is 10.8. The molecule has 0 aliphatic rings. The molecule has 0 spiro atoms. The quantitative estimate of drug-likeness (QED) is 0.345. The maximum Gasteiger partial charge on any atom is 0.192 e. The third kappa shape index (κ3) is 5.62. The van der Waals surface area contributed by atoms with Crippen molar-refractivity contribution in [3.8, 4) is 12.3 Å². The standard InChI is InChI=1S/C7H11O2P/c1-3-5-7-10(8)9-6-4-2/h2-3,10H,1,5-7H2. The SMILES string of the molecule is C#CCO[PH](=O)CCC=C. The van der Waals surface area contributed by atoms with E-state index < -0.39 is 8.03 Å². The van der Waals surface area contributed by atoms with Crippen LogP contribution < -0.4 is 0 Å². The van der Waals surface area contributed by atoms with Crippen LogP contribution >= 0.6 is 8.03 Å². The van der Waals surface area contributed by atoms with Gasteiger partial charge in [-0.05, 0) is 6.42 Å². The smallest absolute Gasteiger partial charge is 0.192 e. The van der Waals surface area contributed by atoms with Crippen molar-refractivity contribution in [2.45, 2.75) is 6.42 Å². The summed E-state index contributed by atoms with van der Waals surface area (Å²) in [7, 11) is -1.88. The Bertz CT molecular complexity index is 157. The molecule has 0 amide bonds. The van der Waals surface area contributed by atoms with E-state index in [1.54, 1.807) is 6.08 Å². The van der Waals surface area contributed by atoms with E-state index in [-0.39, 0.29) is 6.61 Å². The molecule has 0 bridgehead atoms. The molecule has 0 heterocycles. The molecule has 2 nitrogen and oxygen atoms in total. The maximum atomic E-state index is 10.8. The molecular formula is C7H11O2P. The second-order valence-electron chi connectivity index (χ2n) is 1.69. The highest BCUT2D eigenvalue weighted by Crippen LogP contribution is 2.22. The minimum Gasteiger partial charge on any atom is -0.317 e. The molecule has 0 aromatic heterocycles. The molecule has 1 unspecified atom stereocenters. The number of hydrogen-bond donors (Lipinski definition) is 0. The van der Waals surface area contributed by atoms with E-state index in [1.807, 2.05) is 0 Å². The summed E-state index contributed by atoms with van der Waals surface area (Å²) in [6, 6.07) is 0. The minimum atomic E-state index is -1.88. The highest BCUT2D eigenvalue weighted by atomic mass is 31.1. The van der Waals surface area contributed by atoms with Gasteiger partial charge in [0.15, 0.2) is 8.03 Å². The average Bonchev–Trinajstić information content (AvgIpc) is 1.97. The Labute approximate surface area is 62.1 Å². The molecule has 0 saturated carbocycles. The number of terminal acetylenes is 1. The van der Waals surface area contributed by atoms with Gasteiger partial charge in [0, 0.05) is 6.16 Å². The van der Waals surface area contributed by atoms with Crippen molar-refractivity contribution < 1.29 is 9.09 Å². The lowest BCUT2D eigenvalue weighted by Crippen LogP contribution is -1.83. The lowest BCUT2D eigenvalue weighted by atomic mass is 10.5. The Morgan fingerprint density at radius 3 is 3.00 bits per heavy atom. The average molecular weight is 158 g/mol. The van der Waals surface area contributed by atoms with E-state index in [2.05, 4.69) is 12.5 Å². The van der Waals surface area contributed by atoms with E-state index in [0.29, 0.717) is 6.16 Å². The van der Waals surface area contributed by atoms with Gasteiger partial charge >= 0.3 is 0 Å². The lowest BCUT2D eigenvalue weighted by Gasteiger charge is -1.96. The van der Waals surface area contributed by atoms with E-state index in [0.717, 1.165) is 6.42 Å². The molecule has 0 rings (SSSR count). The van der Waals surface area contributed by atoms with Gasteiger partial charge < -0.3 is 4.52 Å². The molecule has 10 heavy (non-hydrogen) atoms. The summed E-state index contributed by atoms with van der Waals surface area (Å²) in [6.45, 7) is 3.64. The number of rotatable bonds is 5. The first-order chi connectivity index (χ1) is 4.81. The minimum absolute atomic E-state index is 0.148. The summed E-state index contributed by atoms with van der Waals surface area (Å²) in [4.78, 5) is 0. The fourth-order valence-corrected chi connectivity index (χ4v) is 1.24. The molecule has 56 valence electrons. The fraction of sp³-hybridized carbons (Fsp3) is 0.429. The van der Waals surface area contributed by atoms with Crippen molar-refractivity contribution in [1.82, 2.24) is 0 Å². The van der Waals surface area contributed by atoms with Crippen molar-refractivity contribution in [3.63, 3.8) is 0 Å². The summed E-state index contributed by atoms with van der Waals surface area (Å²) in [5.41, 5.74) is 0. The summed E-state index contributed by atoms with van der Waals surface area (Å²) >= 11 is 0. The molecule has 0 aliphatic carbocycles. The van der Waals surface area contributed by atoms with Crippen LogP contribution in [0.15, 0.2) is 12.7 Å². The summed E-state index contributed by atoms with van der Waals surface area (Å²) in [5, 5.41) is 0. The second-order valence-corrected chi connectivity index (χ2v) is 3.22. The van der Waals surface area contributed by atoms with Crippen LogP contribution in [0.25, 0.3) is 0 Å². The predicted octanol–water partition coefficient (Wildman–Crippen LogP) is 1.69. The van der Waals surface area contributed by atoms with Crippen LogP contribution in [0, 0.1) is 12.3 Å². The zero-order valence-corrected chi connectivity index (χ0v) is 6.80. The van der Waals surface area contributed by atoms with Gasteiger partial charge in [0.05, 0.1) is 0 Å². The highest BCUT2D eigenvalue weighted by molar-refractivity contribution is 7.39. The fourth-order valence-electron chi connectivity index (χ4n) is 0.414. The first-order valence-electron chi connectivity index (χ1n) is 3.01. The third-order valence-electron chi connectivity index (χ3n) is 0.869. The summed E-state index contributed by atoms with van der Waals surface area (Å²) in [6.07, 6.45) is 7.87. The van der Waals surface area contributed by atoms with Crippen LogP contribution in [0.3, 0.4) is 0 Å². The van der Waals surface area contributed by atoms with Crippen molar-refractivity contribution in [3.05, 3.63) is 12.7 Å². The van der Waals surface area contributed by atoms with Gasteiger partial charge in [0.1, 0.15) is 6.61 Å². The zero-order valence-electron chi connectivity index (χ0n) is 5.80. The van der Waals surface area contributed by atoms with Gasteiger partial charge in [-0.15, -0.1) is 13.0 Å². The Morgan fingerprint density at radius 2 is 2.50 bits per heavy atom. The molecule has 0 aliphatic heterocycles. The van der Waals surface area contributed by atoms with Crippen molar-refractivity contribution in [2.24, 2.45) is 0 Å². The van der Waals surface area contributed by atoms with Crippen LogP contribution in [-0.2, 0) is 9.09 Å². The molecular weight excluding hydrogens is 147 g/mol. The first kappa shape index (κ1) is 9.49. The van der Waals surface area contributed by atoms with Crippen molar-refractivity contribution in [1.29, 1.82) is 0 Å². The monoisotopic (exact) mass is 158 g/mol. The van der Waals surface area contributed by atoms with Gasteiger partial charge in [0.25, 0.3) is 0 Å². The zero-order chi connectivity index (χ0) is 7.82. The molecule has 3 heteroatoms. The first-order valence-corrected chi connectivity index (χ1v) is 4.53. The van der Waals surface area contributed by atoms with Gasteiger partial charge in [-0.2, -0.15) is 0 Å². The van der Waals surface area contributed by atoms with Gasteiger partial charge in [-0.25, -0.2) is 0 Å². The molecule has 0 aromatic carbocycles. The van der Waals surface area contributed by atoms with Crippen LogP contribution in [-0.4, -0.2) is 12.8 Å². The number of hydrogen-bond acceptors (Lipinski definition) is 2. The van der Waals surface area contributed by atoms with E-state index in [1.165, 1.54) is 0 Å². The van der Waals surface area contributed by atoms with E-state index >= 15 is 0 Å². The Balaban J connectivity index is 3.27. The van der Waals surface area contributed by atoms with Crippen LogP contribution in [0.5, 0.6) is 0 Å². The van der Waals surface area contributed by atoms with Crippen LogP contribution in [0.4, 0.5) is 0 Å². The third-order valence-corrected chi connectivity index (χ3v) is 2.03. The molecule has 0 radical (unpaired) electrons. The van der Waals surface area contributed by atoms with E-state index in [9.17, 15) is 4.57 Å². The normalized spacial score (nSPS) is 11.9. The van der Waals surface area contributed by atoms with Gasteiger partial charge in [-0.3, -0.25) is 4.57 Å². The Kier molecular flexibility index (Phi) is 6.27. The molecule has 0 N–H and O–H groups in total. The van der Waals surface area contributed by atoms with Gasteiger partial charge in [0.2, 0.25) is 0 Å². The topological polar surface area (TPSA) is 26.3 Å². The Hall–Kier alpha value is -0.510. The van der Waals surface area contributed by atoms with Crippen LogP contribution in [0.1, 0.15) is 6.42 Å². The van der Waals surface area contributed by atoms with E-state index in [4.69, 9.17) is 10.9 Å². The van der Waals surface area contributed by atoms with Gasteiger partial charge in [-0.1, -0.05) is 12.0 Å². The summed E-state index contributed by atoms with van der Waals surface area (Å²) in [5.74, 6) is 2.25. The predicted molar refractivity (Wildman–Crippen MR) is 43.5 cm³/mol.